The van der Waals surface area contributed by atoms with Gasteiger partial charge in [-0.25, -0.2) is 0 Å². The Hall–Kier alpha value is -1.45. The Bertz CT molecular complexity index is 352. The highest BCUT2D eigenvalue weighted by atomic mass is 28.4. The molecule has 0 radical (unpaired) electrons. The lowest BCUT2D eigenvalue weighted by atomic mass is 10.5. The molecule has 9 heteroatoms. The largest absolute Gasteiger partial charge is 0.705 e. The van der Waals surface area contributed by atoms with E-state index in [4.69, 9.17) is 22.8 Å². The summed E-state index contributed by atoms with van der Waals surface area (Å²) in [7, 11) is -3.71. The van der Waals surface area contributed by atoms with Gasteiger partial charge in [0.25, 0.3) is 17.9 Å². The van der Waals surface area contributed by atoms with Crippen molar-refractivity contribution in [1.29, 1.82) is 0 Å². The van der Waals surface area contributed by atoms with Crippen LogP contribution in [0.25, 0.3) is 0 Å². The smallest absolute Gasteiger partial charge is 0.455 e. The summed E-state index contributed by atoms with van der Waals surface area (Å²) in [5, 5.41) is 0. The van der Waals surface area contributed by atoms with Crippen LogP contribution in [0.3, 0.4) is 0 Å². The van der Waals surface area contributed by atoms with Crippen LogP contribution in [-0.4, -0.2) is 52.6 Å². The van der Waals surface area contributed by atoms with Crippen molar-refractivity contribution in [2.24, 2.45) is 0 Å². The number of hydrogen-bond donors (Lipinski definition) is 0. The number of carbonyl (C=O) groups is 3. The molecule has 1 saturated heterocycles. The Morgan fingerprint density at radius 2 is 1.52 bits per heavy atom. The van der Waals surface area contributed by atoms with Gasteiger partial charge in [0.2, 0.25) is 0 Å². The topological polar surface area (TPSA) is 101 Å². The van der Waals surface area contributed by atoms with E-state index in [0.717, 1.165) is 20.8 Å². The predicted molar refractivity (Wildman–Crippen MR) is 71.0 cm³/mol. The lowest BCUT2D eigenvalue weighted by Crippen LogP contribution is -2.49. The molecule has 1 aliphatic heterocycles. The zero-order valence-electron chi connectivity index (χ0n) is 12.4. The first kappa shape index (κ1) is 17.6. The summed E-state index contributed by atoms with van der Waals surface area (Å²) in [6, 6.07) is 0.122. The molecule has 0 aromatic rings. The molecule has 0 aromatic heterocycles. The van der Waals surface area contributed by atoms with E-state index < -0.39 is 26.7 Å². The maximum Gasteiger partial charge on any atom is 0.705 e. The molecule has 0 amide bonds. The zero-order valence-corrected chi connectivity index (χ0v) is 13.4. The normalized spacial score (nSPS) is 17.0. The quantitative estimate of drug-likeness (QED) is 0.342. The molecular formula is C12H20O8Si. The Morgan fingerprint density at radius 1 is 1.05 bits per heavy atom. The van der Waals surface area contributed by atoms with Gasteiger partial charge in [-0.05, 0) is 6.42 Å². The average Bonchev–Trinajstić information content (AvgIpc) is 3.09. The van der Waals surface area contributed by atoms with Crippen molar-refractivity contribution in [2.75, 3.05) is 19.8 Å². The molecule has 0 unspecified atom stereocenters. The molecule has 0 saturated carbocycles. The summed E-state index contributed by atoms with van der Waals surface area (Å²) in [6.07, 6.45) is 0.578. The molecule has 1 fully saturated rings. The SMILES string of the molecule is CC(=O)O[Si](CCCOC[C@H]1CO1)(OC(C)=O)OC(C)=O. The van der Waals surface area contributed by atoms with Crippen molar-refractivity contribution in [3.8, 4) is 0 Å². The van der Waals surface area contributed by atoms with Gasteiger partial charge in [-0.15, -0.1) is 0 Å². The Labute approximate surface area is 124 Å². The van der Waals surface area contributed by atoms with Crippen molar-refractivity contribution in [1.82, 2.24) is 0 Å². The van der Waals surface area contributed by atoms with Gasteiger partial charge in [0.05, 0.1) is 19.3 Å². The first-order chi connectivity index (χ1) is 9.83. The van der Waals surface area contributed by atoms with E-state index >= 15 is 0 Å². The summed E-state index contributed by atoms with van der Waals surface area (Å²) >= 11 is 0. The highest BCUT2D eigenvalue weighted by Gasteiger charge is 2.51. The van der Waals surface area contributed by atoms with Crippen LogP contribution >= 0.6 is 0 Å². The second-order valence-corrected chi connectivity index (χ2v) is 7.08. The Balaban J connectivity index is 2.54. The van der Waals surface area contributed by atoms with E-state index in [9.17, 15) is 14.4 Å². The molecule has 0 bridgehead atoms. The molecule has 1 heterocycles. The molecule has 1 rings (SSSR count). The van der Waals surface area contributed by atoms with Crippen LogP contribution in [0.5, 0.6) is 0 Å². The minimum absolute atomic E-state index is 0.122. The minimum Gasteiger partial charge on any atom is -0.455 e. The standard InChI is InChI=1S/C12H20O8Si/c1-9(13)18-21(19-10(2)14,20-11(3)15)6-4-5-16-7-12-8-17-12/h12H,4-8H2,1-3H3/t12-/m0/s1. The van der Waals surface area contributed by atoms with Crippen LogP contribution in [0, 0.1) is 0 Å². The lowest BCUT2D eigenvalue weighted by Gasteiger charge is -2.26. The second kappa shape index (κ2) is 8.10. The maximum absolute atomic E-state index is 11.2. The number of epoxide rings is 1. The van der Waals surface area contributed by atoms with Crippen molar-refractivity contribution in [3.63, 3.8) is 0 Å². The molecule has 0 N–H and O–H groups in total. The van der Waals surface area contributed by atoms with Gasteiger partial charge in [0, 0.05) is 27.4 Å². The van der Waals surface area contributed by atoms with Gasteiger partial charge in [-0.3, -0.25) is 14.4 Å². The minimum atomic E-state index is -3.71. The molecule has 1 aliphatic rings. The molecule has 0 aromatic carbocycles. The average molecular weight is 320 g/mol. The molecule has 21 heavy (non-hydrogen) atoms. The number of carbonyl (C=O) groups excluding carboxylic acids is 3. The third-order valence-corrected chi connectivity index (χ3v) is 5.14. The molecule has 120 valence electrons. The Morgan fingerprint density at radius 3 is 1.90 bits per heavy atom. The lowest BCUT2D eigenvalue weighted by molar-refractivity contribution is -0.147. The second-order valence-electron chi connectivity index (χ2n) is 4.60. The highest BCUT2D eigenvalue weighted by molar-refractivity contribution is 6.65. The van der Waals surface area contributed by atoms with E-state index in [1.807, 2.05) is 0 Å². The summed E-state index contributed by atoms with van der Waals surface area (Å²) in [4.78, 5) is 33.6. The third-order valence-electron chi connectivity index (χ3n) is 2.38. The maximum atomic E-state index is 11.2. The van der Waals surface area contributed by atoms with Crippen molar-refractivity contribution in [2.45, 2.75) is 39.3 Å². The number of ether oxygens (including phenoxy) is 2. The van der Waals surface area contributed by atoms with Crippen LogP contribution in [0.15, 0.2) is 0 Å². The van der Waals surface area contributed by atoms with Gasteiger partial charge >= 0.3 is 8.80 Å². The van der Waals surface area contributed by atoms with Crippen LogP contribution in [0.4, 0.5) is 0 Å². The zero-order chi connectivity index (χ0) is 15.9. The molecule has 8 nitrogen and oxygen atoms in total. The van der Waals surface area contributed by atoms with Gasteiger partial charge in [0.1, 0.15) is 6.10 Å². The molecular weight excluding hydrogens is 300 g/mol. The van der Waals surface area contributed by atoms with Gasteiger partial charge in [-0.1, -0.05) is 0 Å². The first-order valence-electron chi connectivity index (χ1n) is 6.61. The Kier molecular flexibility index (Phi) is 6.79. The summed E-state index contributed by atoms with van der Waals surface area (Å²) in [5.41, 5.74) is 0. The predicted octanol–water partition coefficient (Wildman–Crippen LogP) is 0.420. The van der Waals surface area contributed by atoms with Crippen molar-refractivity contribution < 1.29 is 37.1 Å². The molecule has 0 aliphatic carbocycles. The van der Waals surface area contributed by atoms with Crippen molar-refractivity contribution >= 4 is 26.7 Å². The number of hydrogen-bond acceptors (Lipinski definition) is 8. The highest BCUT2D eigenvalue weighted by Crippen LogP contribution is 2.19. The third kappa shape index (κ3) is 7.78. The van der Waals surface area contributed by atoms with Gasteiger partial charge in [0.15, 0.2) is 0 Å². The van der Waals surface area contributed by atoms with Crippen LogP contribution in [-0.2, 0) is 37.1 Å². The van der Waals surface area contributed by atoms with E-state index in [1.54, 1.807) is 0 Å². The summed E-state index contributed by atoms with van der Waals surface area (Å²) < 4.78 is 25.4. The van der Waals surface area contributed by atoms with E-state index in [2.05, 4.69) is 0 Å². The van der Waals surface area contributed by atoms with E-state index in [-0.39, 0.29) is 12.1 Å². The summed E-state index contributed by atoms with van der Waals surface area (Å²) in [5.74, 6) is -2.01. The summed E-state index contributed by atoms with van der Waals surface area (Å²) in [6.45, 7) is 5.04. The monoisotopic (exact) mass is 320 g/mol. The van der Waals surface area contributed by atoms with Gasteiger partial charge in [-0.2, -0.15) is 0 Å². The van der Waals surface area contributed by atoms with Crippen LogP contribution < -0.4 is 0 Å². The van der Waals surface area contributed by atoms with Gasteiger partial charge < -0.3 is 22.8 Å². The fraction of sp³-hybridized carbons (Fsp3) is 0.750. The van der Waals surface area contributed by atoms with Crippen LogP contribution in [0.2, 0.25) is 6.04 Å². The van der Waals surface area contributed by atoms with E-state index in [0.29, 0.717) is 26.2 Å². The molecule has 0 spiro atoms. The molecule has 1 atom stereocenters. The fourth-order valence-corrected chi connectivity index (χ4v) is 3.96. The fourth-order valence-electron chi connectivity index (χ4n) is 1.64. The van der Waals surface area contributed by atoms with E-state index in [1.165, 1.54) is 0 Å². The first-order valence-corrected chi connectivity index (χ1v) is 8.54. The number of rotatable bonds is 9. The van der Waals surface area contributed by atoms with Crippen LogP contribution in [0.1, 0.15) is 27.2 Å². The van der Waals surface area contributed by atoms with Crippen molar-refractivity contribution in [3.05, 3.63) is 0 Å².